The van der Waals surface area contributed by atoms with Crippen molar-refractivity contribution in [2.24, 2.45) is 0 Å². The smallest absolute Gasteiger partial charge is 0.347 e. The minimum Gasteiger partial charge on any atom is -0.426 e. The minimum absolute atomic E-state index is 0.00105. The lowest BCUT2D eigenvalue weighted by Crippen LogP contribution is -2.13. The summed E-state index contributed by atoms with van der Waals surface area (Å²) in [7, 11) is 0. The molecule has 0 N–H and O–H groups in total. The van der Waals surface area contributed by atoms with Crippen LogP contribution in [-0.4, -0.2) is 17.7 Å². The molecule has 2 aromatic rings. The van der Waals surface area contributed by atoms with E-state index in [0.717, 1.165) is 0 Å². The average Bonchev–Trinajstić information content (AvgIpc) is 2.47. The van der Waals surface area contributed by atoms with E-state index in [4.69, 9.17) is 9.47 Å². The number of benzene rings is 2. The van der Waals surface area contributed by atoms with Gasteiger partial charge in [-0.3, -0.25) is 9.59 Å². The molecule has 0 atom stereocenters. The molecule has 2 rings (SSSR count). The number of ketones is 1. The Hall–Kier alpha value is -2.95. The van der Waals surface area contributed by atoms with Gasteiger partial charge in [0.15, 0.2) is 5.78 Å². The monoisotopic (exact) mass is 298 g/mol. The quantitative estimate of drug-likeness (QED) is 0.493. The third kappa shape index (κ3) is 3.79. The first-order chi connectivity index (χ1) is 10.5. The van der Waals surface area contributed by atoms with Gasteiger partial charge in [-0.15, -0.1) is 0 Å². The number of ether oxygens (including phenoxy) is 2. The van der Waals surface area contributed by atoms with Gasteiger partial charge in [0, 0.05) is 12.5 Å². The van der Waals surface area contributed by atoms with Crippen molar-refractivity contribution in [3.8, 4) is 11.5 Å². The van der Waals surface area contributed by atoms with Crippen LogP contribution in [0.2, 0.25) is 0 Å². The normalized spacial score (nSPS) is 9.91. The molecule has 0 saturated carbocycles. The predicted octanol–water partition coefficient (Wildman–Crippen LogP) is 3.03. The van der Waals surface area contributed by atoms with E-state index in [1.165, 1.54) is 32.0 Å². The molecule has 5 nitrogen and oxygen atoms in total. The van der Waals surface area contributed by atoms with Crippen LogP contribution in [0.5, 0.6) is 11.5 Å². The molecule has 0 aromatic heterocycles. The van der Waals surface area contributed by atoms with Crippen LogP contribution in [0, 0.1) is 0 Å². The zero-order valence-electron chi connectivity index (χ0n) is 12.2. The number of esters is 2. The van der Waals surface area contributed by atoms with Crippen LogP contribution in [0.4, 0.5) is 0 Å². The van der Waals surface area contributed by atoms with Crippen molar-refractivity contribution in [3.63, 3.8) is 0 Å². The standard InChI is InChI=1S/C17H14O5/c1-11(18)13-8-9-15(16(10-13)21-12(2)19)17(20)22-14-6-4-3-5-7-14/h3-10H,1-2H3. The lowest BCUT2D eigenvalue weighted by molar-refractivity contribution is -0.131. The number of carbonyl (C=O) groups is 3. The summed E-state index contributed by atoms with van der Waals surface area (Å²) >= 11 is 0. The molecule has 0 fully saturated rings. The maximum absolute atomic E-state index is 12.2. The molecule has 0 unspecified atom stereocenters. The maximum atomic E-state index is 12.2. The molecular weight excluding hydrogens is 284 g/mol. The van der Waals surface area contributed by atoms with E-state index in [9.17, 15) is 14.4 Å². The number of hydrogen-bond acceptors (Lipinski definition) is 5. The fraction of sp³-hybridized carbons (Fsp3) is 0.118. The predicted molar refractivity (Wildman–Crippen MR) is 79.2 cm³/mol. The van der Waals surface area contributed by atoms with Crippen molar-refractivity contribution in [2.45, 2.75) is 13.8 Å². The molecule has 0 amide bonds. The first-order valence-corrected chi connectivity index (χ1v) is 6.58. The number of hydrogen-bond donors (Lipinski definition) is 0. The highest BCUT2D eigenvalue weighted by Crippen LogP contribution is 2.23. The Morgan fingerprint density at radius 3 is 2.14 bits per heavy atom. The van der Waals surface area contributed by atoms with Crippen molar-refractivity contribution < 1.29 is 23.9 Å². The molecule has 0 bridgehead atoms. The highest BCUT2D eigenvalue weighted by atomic mass is 16.5. The second kappa shape index (κ2) is 6.67. The van der Waals surface area contributed by atoms with E-state index in [1.54, 1.807) is 30.3 Å². The third-order valence-electron chi connectivity index (χ3n) is 2.82. The van der Waals surface area contributed by atoms with Crippen LogP contribution < -0.4 is 9.47 Å². The molecule has 5 heteroatoms. The van der Waals surface area contributed by atoms with Gasteiger partial charge in [0.05, 0.1) is 0 Å². The Balaban J connectivity index is 2.34. The zero-order valence-corrected chi connectivity index (χ0v) is 12.2. The molecule has 0 aliphatic rings. The topological polar surface area (TPSA) is 69.7 Å². The summed E-state index contributed by atoms with van der Waals surface area (Å²) in [6.07, 6.45) is 0. The first-order valence-electron chi connectivity index (χ1n) is 6.58. The molecule has 0 radical (unpaired) electrons. The Bertz CT molecular complexity index is 719. The van der Waals surface area contributed by atoms with Gasteiger partial charge in [-0.05, 0) is 31.2 Å². The van der Waals surface area contributed by atoms with Crippen molar-refractivity contribution in [1.82, 2.24) is 0 Å². The molecule has 112 valence electrons. The molecule has 22 heavy (non-hydrogen) atoms. The van der Waals surface area contributed by atoms with E-state index in [-0.39, 0.29) is 17.1 Å². The molecule has 0 saturated heterocycles. The lowest BCUT2D eigenvalue weighted by atomic mass is 10.1. The van der Waals surface area contributed by atoms with Gasteiger partial charge in [0.2, 0.25) is 0 Å². The highest BCUT2D eigenvalue weighted by molar-refractivity contribution is 5.99. The van der Waals surface area contributed by atoms with Crippen LogP contribution in [-0.2, 0) is 4.79 Å². The fourth-order valence-corrected chi connectivity index (χ4v) is 1.80. The van der Waals surface area contributed by atoms with Crippen LogP contribution in [0.3, 0.4) is 0 Å². The second-order valence-corrected chi connectivity index (χ2v) is 4.56. The van der Waals surface area contributed by atoms with Crippen molar-refractivity contribution >= 4 is 17.7 Å². The second-order valence-electron chi connectivity index (χ2n) is 4.56. The molecule has 2 aromatic carbocycles. The summed E-state index contributed by atoms with van der Waals surface area (Å²) in [5.74, 6) is -1.08. The van der Waals surface area contributed by atoms with Gasteiger partial charge in [0.1, 0.15) is 17.1 Å². The maximum Gasteiger partial charge on any atom is 0.347 e. The van der Waals surface area contributed by atoms with E-state index < -0.39 is 11.9 Å². The summed E-state index contributed by atoms with van der Waals surface area (Å²) < 4.78 is 10.2. The Morgan fingerprint density at radius 1 is 0.864 bits per heavy atom. The van der Waals surface area contributed by atoms with Crippen LogP contribution in [0.15, 0.2) is 48.5 Å². The van der Waals surface area contributed by atoms with E-state index in [0.29, 0.717) is 11.3 Å². The van der Waals surface area contributed by atoms with Gasteiger partial charge in [-0.1, -0.05) is 24.3 Å². The fourth-order valence-electron chi connectivity index (χ4n) is 1.80. The summed E-state index contributed by atoms with van der Waals surface area (Å²) in [6.45, 7) is 2.60. The molecule has 0 heterocycles. The average molecular weight is 298 g/mol. The van der Waals surface area contributed by atoms with Crippen molar-refractivity contribution in [3.05, 3.63) is 59.7 Å². The Kier molecular flexibility index (Phi) is 4.68. The number of carbonyl (C=O) groups excluding carboxylic acids is 3. The summed E-state index contributed by atoms with van der Waals surface area (Å²) in [4.78, 5) is 34.8. The zero-order chi connectivity index (χ0) is 16.1. The number of Topliss-reactive ketones (excluding diaryl/α,β-unsaturated/α-hetero) is 1. The first kappa shape index (κ1) is 15.4. The Morgan fingerprint density at radius 2 is 1.55 bits per heavy atom. The molecule has 0 spiro atoms. The largest absolute Gasteiger partial charge is 0.426 e. The van der Waals surface area contributed by atoms with Gasteiger partial charge in [-0.2, -0.15) is 0 Å². The van der Waals surface area contributed by atoms with Crippen LogP contribution >= 0.6 is 0 Å². The van der Waals surface area contributed by atoms with E-state index in [2.05, 4.69) is 0 Å². The number of para-hydroxylation sites is 1. The van der Waals surface area contributed by atoms with Crippen LogP contribution in [0.1, 0.15) is 34.6 Å². The SMILES string of the molecule is CC(=O)Oc1cc(C(C)=O)ccc1C(=O)Oc1ccccc1. The Labute approximate surface area is 127 Å². The van der Waals surface area contributed by atoms with Gasteiger partial charge < -0.3 is 9.47 Å². The van der Waals surface area contributed by atoms with Gasteiger partial charge in [0.25, 0.3) is 0 Å². The summed E-state index contributed by atoms with van der Waals surface area (Å²) in [5, 5.41) is 0. The minimum atomic E-state index is -0.669. The molecule has 0 aliphatic heterocycles. The van der Waals surface area contributed by atoms with Crippen molar-refractivity contribution in [2.75, 3.05) is 0 Å². The van der Waals surface area contributed by atoms with Crippen molar-refractivity contribution in [1.29, 1.82) is 0 Å². The van der Waals surface area contributed by atoms with E-state index in [1.807, 2.05) is 0 Å². The summed E-state index contributed by atoms with van der Waals surface area (Å²) in [5.41, 5.74) is 0.413. The van der Waals surface area contributed by atoms with Crippen LogP contribution in [0.25, 0.3) is 0 Å². The van der Waals surface area contributed by atoms with Gasteiger partial charge in [-0.25, -0.2) is 4.79 Å². The molecular formula is C17H14O5. The lowest BCUT2D eigenvalue weighted by Gasteiger charge is -2.10. The molecule has 0 aliphatic carbocycles. The third-order valence-corrected chi connectivity index (χ3v) is 2.82. The summed E-state index contributed by atoms with van der Waals surface area (Å²) in [6, 6.07) is 12.8. The highest BCUT2D eigenvalue weighted by Gasteiger charge is 2.18. The van der Waals surface area contributed by atoms with E-state index >= 15 is 0 Å². The van der Waals surface area contributed by atoms with Gasteiger partial charge >= 0.3 is 11.9 Å². The number of rotatable bonds is 4.